The molecule has 0 amide bonds. The van der Waals surface area contributed by atoms with Crippen LogP contribution in [0.3, 0.4) is 0 Å². The molecule has 0 saturated carbocycles. The summed E-state index contributed by atoms with van der Waals surface area (Å²) in [4.78, 5) is 0. The molecule has 168 valence electrons. The van der Waals surface area contributed by atoms with Crippen LogP contribution in [0.2, 0.25) is 0 Å². The molecule has 0 spiro atoms. The third-order valence-corrected chi connectivity index (χ3v) is 6.67. The lowest BCUT2D eigenvalue weighted by molar-refractivity contribution is 0.867. The molecule has 0 aromatic heterocycles. The van der Waals surface area contributed by atoms with Crippen molar-refractivity contribution in [2.24, 2.45) is 0 Å². The molecule has 0 heteroatoms. The van der Waals surface area contributed by atoms with E-state index < -0.39 is 0 Å². The molecule has 0 aliphatic heterocycles. The quantitative estimate of drug-likeness (QED) is 0.284. The Morgan fingerprint density at radius 1 is 0.303 bits per heavy atom. The average Bonchev–Trinajstić information content (AvgIpc) is 2.84. The Hall–Kier alpha value is -3.12. The highest BCUT2D eigenvalue weighted by Crippen LogP contribution is 2.34. The normalized spacial score (nSPS) is 11.5. The van der Waals surface area contributed by atoms with Crippen LogP contribution in [-0.2, 0) is 0 Å². The van der Waals surface area contributed by atoms with E-state index in [-0.39, 0.29) is 0 Å². The minimum atomic E-state index is 0.542. The van der Waals surface area contributed by atoms with Gasteiger partial charge >= 0.3 is 0 Å². The fraction of sp³-hybridized carbons (Fsp3) is 0.273. The van der Waals surface area contributed by atoms with Gasteiger partial charge in [0.15, 0.2) is 0 Å². The van der Waals surface area contributed by atoms with E-state index in [0.717, 1.165) is 0 Å². The zero-order chi connectivity index (χ0) is 23.5. The maximum atomic E-state index is 2.33. The second-order valence-corrected chi connectivity index (χ2v) is 10.1. The van der Waals surface area contributed by atoms with Gasteiger partial charge in [-0.1, -0.05) is 114 Å². The van der Waals surface area contributed by atoms with Gasteiger partial charge in [-0.15, -0.1) is 0 Å². The first-order valence-electron chi connectivity index (χ1n) is 12.3. The Kier molecular flexibility index (Phi) is 6.84. The molecule has 0 saturated heterocycles. The van der Waals surface area contributed by atoms with E-state index >= 15 is 0 Å². The third kappa shape index (κ3) is 5.28. The van der Waals surface area contributed by atoms with Crippen molar-refractivity contribution in [2.45, 2.75) is 59.3 Å². The van der Waals surface area contributed by atoms with Gasteiger partial charge in [-0.05, 0) is 86.0 Å². The van der Waals surface area contributed by atoms with Crippen molar-refractivity contribution in [3.05, 3.63) is 108 Å². The standard InChI is InChI=1S/C33H36/c1-22(2)25-7-13-28(14-8-25)31-19-32(29-15-9-26(10-16-29)23(3)4)21-33(20-31)30-17-11-27(12-18-30)24(5)6/h7-24H,1-6H3. The Balaban J connectivity index is 1.81. The summed E-state index contributed by atoms with van der Waals surface area (Å²) in [5.74, 6) is 1.62. The van der Waals surface area contributed by atoms with Gasteiger partial charge in [0.25, 0.3) is 0 Å². The fourth-order valence-corrected chi connectivity index (χ4v) is 4.31. The molecule has 0 fully saturated rings. The van der Waals surface area contributed by atoms with Crippen LogP contribution in [0.25, 0.3) is 33.4 Å². The Morgan fingerprint density at radius 3 is 0.697 bits per heavy atom. The van der Waals surface area contributed by atoms with Crippen molar-refractivity contribution in [2.75, 3.05) is 0 Å². The highest BCUT2D eigenvalue weighted by atomic mass is 14.1. The average molecular weight is 433 g/mol. The Labute approximate surface area is 200 Å². The summed E-state index contributed by atoms with van der Waals surface area (Å²) in [5.41, 5.74) is 11.7. The van der Waals surface area contributed by atoms with Crippen LogP contribution >= 0.6 is 0 Å². The number of hydrogen-bond donors (Lipinski definition) is 0. The molecule has 0 aliphatic rings. The largest absolute Gasteiger partial charge is 0.0587 e. The van der Waals surface area contributed by atoms with Crippen molar-refractivity contribution >= 4 is 0 Å². The maximum absolute atomic E-state index is 2.33. The fourth-order valence-electron chi connectivity index (χ4n) is 4.31. The number of benzene rings is 4. The van der Waals surface area contributed by atoms with E-state index in [4.69, 9.17) is 0 Å². The summed E-state index contributed by atoms with van der Waals surface area (Å²) < 4.78 is 0. The molecule has 4 aromatic carbocycles. The van der Waals surface area contributed by atoms with Crippen LogP contribution < -0.4 is 0 Å². The Morgan fingerprint density at radius 2 is 0.515 bits per heavy atom. The lowest BCUT2D eigenvalue weighted by Gasteiger charge is -2.14. The predicted molar refractivity (Wildman–Crippen MR) is 145 cm³/mol. The first kappa shape index (κ1) is 23.1. The Bertz CT molecular complexity index is 1020. The van der Waals surface area contributed by atoms with E-state index in [1.165, 1.54) is 50.1 Å². The van der Waals surface area contributed by atoms with Crippen molar-refractivity contribution in [1.82, 2.24) is 0 Å². The molecule has 4 rings (SSSR count). The van der Waals surface area contributed by atoms with Crippen LogP contribution in [-0.4, -0.2) is 0 Å². The highest BCUT2D eigenvalue weighted by molar-refractivity contribution is 5.81. The van der Waals surface area contributed by atoms with Crippen LogP contribution in [0, 0.1) is 0 Å². The monoisotopic (exact) mass is 432 g/mol. The van der Waals surface area contributed by atoms with Crippen molar-refractivity contribution in [1.29, 1.82) is 0 Å². The van der Waals surface area contributed by atoms with Crippen molar-refractivity contribution in [3.63, 3.8) is 0 Å². The third-order valence-electron chi connectivity index (χ3n) is 6.67. The summed E-state index contributed by atoms with van der Waals surface area (Å²) in [6.45, 7) is 13.5. The van der Waals surface area contributed by atoms with Crippen LogP contribution in [0.5, 0.6) is 0 Å². The van der Waals surface area contributed by atoms with E-state index in [9.17, 15) is 0 Å². The molecule has 0 bridgehead atoms. The smallest absolute Gasteiger partial charge is 0.0172 e. The van der Waals surface area contributed by atoms with E-state index in [0.29, 0.717) is 17.8 Å². The maximum Gasteiger partial charge on any atom is -0.0172 e. The molecular formula is C33H36. The first-order chi connectivity index (χ1) is 15.8. The minimum absolute atomic E-state index is 0.542. The van der Waals surface area contributed by atoms with Gasteiger partial charge in [0.2, 0.25) is 0 Å². The van der Waals surface area contributed by atoms with Gasteiger partial charge < -0.3 is 0 Å². The van der Waals surface area contributed by atoms with Crippen molar-refractivity contribution < 1.29 is 0 Å². The number of hydrogen-bond acceptors (Lipinski definition) is 0. The van der Waals surface area contributed by atoms with Gasteiger partial charge in [0.05, 0.1) is 0 Å². The topological polar surface area (TPSA) is 0 Å². The first-order valence-corrected chi connectivity index (χ1v) is 12.3. The molecule has 0 N–H and O–H groups in total. The lowest BCUT2D eigenvalue weighted by Crippen LogP contribution is -1.90. The van der Waals surface area contributed by atoms with Crippen LogP contribution in [0.15, 0.2) is 91.0 Å². The molecule has 0 aliphatic carbocycles. The van der Waals surface area contributed by atoms with Gasteiger partial charge in [0.1, 0.15) is 0 Å². The summed E-state index contributed by atoms with van der Waals surface area (Å²) in [6, 6.07) is 34.2. The molecule has 0 nitrogen and oxygen atoms in total. The second-order valence-electron chi connectivity index (χ2n) is 10.1. The molecule has 0 radical (unpaired) electrons. The van der Waals surface area contributed by atoms with E-state index in [1.807, 2.05) is 0 Å². The zero-order valence-corrected chi connectivity index (χ0v) is 20.9. The SMILES string of the molecule is CC(C)c1ccc(-c2cc(-c3ccc(C(C)C)cc3)cc(-c3ccc(C(C)C)cc3)c2)cc1. The summed E-state index contributed by atoms with van der Waals surface area (Å²) >= 11 is 0. The summed E-state index contributed by atoms with van der Waals surface area (Å²) in [6.07, 6.45) is 0. The van der Waals surface area contributed by atoms with Gasteiger partial charge in [-0.3, -0.25) is 0 Å². The lowest BCUT2D eigenvalue weighted by atomic mass is 9.91. The molecule has 4 aromatic rings. The molecule has 33 heavy (non-hydrogen) atoms. The molecule has 0 atom stereocenters. The van der Waals surface area contributed by atoms with Crippen molar-refractivity contribution in [3.8, 4) is 33.4 Å². The zero-order valence-electron chi connectivity index (χ0n) is 20.9. The molecule has 0 unspecified atom stereocenters. The van der Waals surface area contributed by atoms with Gasteiger partial charge in [-0.25, -0.2) is 0 Å². The van der Waals surface area contributed by atoms with Crippen LogP contribution in [0.1, 0.15) is 76.0 Å². The summed E-state index contributed by atoms with van der Waals surface area (Å²) in [5, 5.41) is 0. The second kappa shape index (κ2) is 9.79. The summed E-state index contributed by atoms with van der Waals surface area (Å²) in [7, 11) is 0. The molecule has 0 heterocycles. The minimum Gasteiger partial charge on any atom is -0.0587 e. The van der Waals surface area contributed by atoms with E-state index in [1.54, 1.807) is 0 Å². The highest BCUT2D eigenvalue weighted by Gasteiger charge is 2.10. The molecular weight excluding hydrogens is 396 g/mol. The number of rotatable bonds is 6. The van der Waals surface area contributed by atoms with Crippen LogP contribution in [0.4, 0.5) is 0 Å². The van der Waals surface area contributed by atoms with Gasteiger partial charge in [0, 0.05) is 0 Å². The van der Waals surface area contributed by atoms with E-state index in [2.05, 4.69) is 133 Å². The predicted octanol–water partition coefficient (Wildman–Crippen LogP) is 10.1. The van der Waals surface area contributed by atoms with Gasteiger partial charge in [-0.2, -0.15) is 0 Å².